The van der Waals surface area contributed by atoms with Crippen LogP contribution in [0, 0.1) is 0 Å². The number of phosphoric acid groups is 1. The minimum absolute atomic E-state index is 0.136. The summed E-state index contributed by atoms with van der Waals surface area (Å²) in [5, 5.41) is 11.9. The third-order valence-corrected chi connectivity index (χ3v) is 9.61. The summed E-state index contributed by atoms with van der Waals surface area (Å²) in [6.45, 7) is -0.270. The van der Waals surface area contributed by atoms with Crippen molar-refractivity contribution in [2.45, 2.75) is 67.1 Å². The van der Waals surface area contributed by atoms with Crippen LogP contribution in [0.4, 0.5) is 0 Å². The molecular weight excluding hydrogens is 533 g/mol. The minimum Gasteiger partial charge on any atom is -0.756 e. The van der Waals surface area contributed by atoms with E-state index in [1.807, 2.05) is 30.3 Å². The van der Waals surface area contributed by atoms with Gasteiger partial charge in [0.2, 0.25) is 5.78 Å². The first-order valence-corrected chi connectivity index (χ1v) is 14.9. The van der Waals surface area contributed by atoms with Gasteiger partial charge < -0.3 is 28.8 Å². The molecule has 38 heavy (non-hydrogen) atoms. The zero-order valence-corrected chi connectivity index (χ0v) is 21.8. The first-order chi connectivity index (χ1) is 18.4. The molecule has 3 aliphatic rings. The quantitative estimate of drug-likeness (QED) is 0.357. The van der Waals surface area contributed by atoms with Gasteiger partial charge in [0.05, 0.1) is 12.3 Å². The summed E-state index contributed by atoms with van der Waals surface area (Å²) in [5.41, 5.74) is 1.62. The summed E-state index contributed by atoms with van der Waals surface area (Å²) < 4.78 is 30.9. The average molecular weight is 559 g/mol. The van der Waals surface area contributed by atoms with E-state index in [2.05, 4.69) is 4.98 Å². The summed E-state index contributed by atoms with van der Waals surface area (Å²) in [7, 11) is -4.55. The SMILES string of the molecule is O=c1c2nc(SC3CCCCC3)n([C@@H]3OC4COP(=O)([O-])O[C@H]4C3O)c2nc2[nH]c(-c3ccccc3)cn12. The summed E-state index contributed by atoms with van der Waals surface area (Å²) in [6, 6.07) is 9.57. The van der Waals surface area contributed by atoms with Crippen LogP contribution in [0.25, 0.3) is 28.2 Å². The van der Waals surface area contributed by atoms with Crippen LogP contribution in [0.15, 0.2) is 46.5 Å². The van der Waals surface area contributed by atoms with Gasteiger partial charge in [0, 0.05) is 11.4 Å². The Kier molecular flexibility index (Phi) is 6.00. The maximum atomic E-state index is 13.6. The average Bonchev–Trinajstić information content (AvgIpc) is 3.59. The van der Waals surface area contributed by atoms with Crippen LogP contribution in [0.1, 0.15) is 38.3 Å². The Bertz CT molecular complexity index is 1620. The zero-order valence-electron chi connectivity index (χ0n) is 20.1. The second-order valence-corrected chi connectivity index (χ2v) is 12.5. The highest BCUT2D eigenvalue weighted by atomic mass is 32.2. The van der Waals surface area contributed by atoms with Gasteiger partial charge >= 0.3 is 0 Å². The molecule has 5 atom stereocenters. The third-order valence-electron chi connectivity index (χ3n) is 7.34. The lowest BCUT2D eigenvalue weighted by Gasteiger charge is -2.34. The van der Waals surface area contributed by atoms with Gasteiger partial charge in [-0.25, -0.2) is 9.38 Å². The first-order valence-electron chi connectivity index (χ1n) is 12.6. The molecule has 14 heteroatoms. The molecule has 2 aliphatic heterocycles. The summed E-state index contributed by atoms with van der Waals surface area (Å²) in [5.74, 6) is 0.310. The molecule has 0 spiro atoms. The lowest BCUT2D eigenvalue weighted by molar-refractivity contribution is -0.245. The highest BCUT2D eigenvalue weighted by molar-refractivity contribution is 7.99. The number of hydrogen-bond acceptors (Lipinski definition) is 10. The number of rotatable bonds is 4. The van der Waals surface area contributed by atoms with Gasteiger partial charge in [-0.3, -0.25) is 13.9 Å². The van der Waals surface area contributed by atoms with Crippen molar-refractivity contribution in [1.29, 1.82) is 0 Å². The maximum absolute atomic E-state index is 13.6. The molecule has 3 fully saturated rings. The Morgan fingerprint density at radius 1 is 1.16 bits per heavy atom. The topological polar surface area (TPSA) is 156 Å². The van der Waals surface area contributed by atoms with Crippen molar-refractivity contribution in [1.82, 2.24) is 23.9 Å². The molecule has 0 amide bonds. The normalized spacial score (nSPS) is 30.3. The lowest BCUT2D eigenvalue weighted by Crippen LogP contribution is -2.41. The number of aromatic amines is 1. The Labute approximate surface area is 220 Å². The summed E-state index contributed by atoms with van der Waals surface area (Å²) >= 11 is 1.53. The lowest BCUT2D eigenvalue weighted by atomic mass is 10.0. The molecule has 5 heterocycles. The summed E-state index contributed by atoms with van der Waals surface area (Å²) in [6.07, 6.45) is 2.76. The molecule has 200 valence electrons. The number of nitrogens with one attached hydrogen (secondary N) is 1. The van der Waals surface area contributed by atoms with Crippen molar-refractivity contribution in [2.24, 2.45) is 0 Å². The molecule has 3 aromatic heterocycles. The maximum Gasteiger partial charge on any atom is 0.287 e. The number of fused-ring (bicyclic) bond motifs is 3. The minimum atomic E-state index is -4.55. The van der Waals surface area contributed by atoms with Gasteiger partial charge in [0.1, 0.15) is 18.3 Å². The Balaban J connectivity index is 1.37. The molecule has 3 unspecified atom stereocenters. The standard InChI is InChI=1S/C24H26N5O7PS/c30-18-19-16(12-34-37(32,33)36-19)35-22(18)29-20-17(26-24(29)38-14-9-5-2-6-10-14)21(31)28-11-15(25-23(28)27-20)13-7-3-1-4-8-13/h1,3-4,7-8,11,14,16,18-19,22,30H,2,5-6,9-10,12H2,(H,25,27)(H,32,33)/p-1/t16?,18?,19-,22-/m1/s1. The number of aromatic nitrogens is 5. The number of hydrogen-bond donors (Lipinski definition) is 2. The molecule has 7 rings (SSSR count). The van der Waals surface area contributed by atoms with E-state index >= 15 is 0 Å². The molecule has 1 aromatic carbocycles. The number of H-pyrrole nitrogens is 1. The van der Waals surface area contributed by atoms with Crippen LogP contribution in [-0.2, 0) is 18.3 Å². The number of thioether (sulfide) groups is 1. The number of phosphoric ester groups is 1. The van der Waals surface area contributed by atoms with Crippen molar-refractivity contribution in [3.63, 3.8) is 0 Å². The largest absolute Gasteiger partial charge is 0.756 e. The Hall–Kier alpha value is -2.51. The molecule has 2 saturated heterocycles. The molecule has 1 saturated carbocycles. The van der Waals surface area contributed by atoms with E-state index in [1.165, 1.54) is 22.6 Å². The van der Waals surface area contributed by atoms with Crippen LogP contribution >= 0.6 is 19.6 Å². The first kappa shape index (κ1) is 24.5. The van der Waals surface area contributed by atoms with Crippen molar-refractivity contribution in [3.8, 4) is 11.3 Å². The van der Waals surface area contributed by atoms with Gasteiger partial charge in [-0.1, -0.05) is 61.4 Å². The highest BCUT2D eigenvalue weighted by Gasteiger charge is 2.51. The van der Waals surface area contributed by atoms with Crippen LogP contribution < -0.4 is 10.5 Å². The molecule has 2 N–H and O–H groups in total. The fourth-order valence-corrected chi connectivity index (χ4v) is 7.72. The van der Waals surface area contributed by atoms with Crippen molar-refractivity contribution in [3.05, 3.63) is 46.9 Å². The van der Waals surface area contributed by atoms with Crippen molar-refractivity contribution in [2.75, 3.05) is 6.61 Å². The molecule has 4 aromatic rings. The van der Waals surface area contributed by atoms with Crippen LogP contribution in [0.3, 0.4) is 0 Å². The molecule has 1 aliphatic carbocycles. The van der Waals surface area contributed by atoms with Crippen LogP contribution in [0.2, 0.25) is 0 Å². The number of benzene rings is 1. The van der Waals surface area contributed by atoms with E-state index < -0.39 is 32.4 Å². The van der Waals surface area contributed by atoms with E-state index in [1.54, 1.807) is 10.8 Å². The number of aliphatic hydroxyl groups excluding tert-OH is 1. The van der Waals surface area contributed by atoms with Gasteiger partial charge in [-0.05, 0) is 18.4 Å². The second kappa shape index (κ2) is 9.30. The number of aliphatic hydroxyl groups is 1. The number of ether oxygens (including phenoxy) is 1. The van der Waals surface area contributed by atoms with E-state index in [0.717, 1.165) is 31.2 Å². The van der Waals surface area contributed by atoms with Crippen LogP contribution in [-0.4, -0.2) is 59.2 Å². The molecule has 12 nitrogen and oxygen atoms in total. The number of nitrogens with zero attached hydrogens (tertiary/aromatic N) is 4. The fraction of sp³-hybridized carbons (Fsp3) is 0.458. The van der Waals surface area contributed by atoms with Gasteiger partial charge in [-0.15, -0.1) is 0 Å². The van der Waals surface area contributed by atoms with Crippen LogP contribution in [0.5, 0.6) is 0 Å². The monoisotopic (exact) mass is 558 g/mol. The van der Waals surface area contributed by atoms with Gasteiger partial charge in [0.15, 0.2) is 22.5 Å². The Morgan fingerprint density at radius 2 is 1.95 bits per heavy atom. The van der Waals surface area contributed by atoms with E-state index in [9.17, 15) is 19.4 Å². The molecule has 0 radical (unpaired) electrons. The zero-order chi connectivity index (χ0) is 26.0. The second-order valence-electron chi connectivity index (χ2n) is 9.83. The predicted octanol–water partition coefficient (Wildman–Crippen LogP) is 2.61. The summed E-state index contributed by atoms with van der Waals surface area (Å²) in [4.78, 5) is 38.2. The van der Waals surface area contributed by atoms with Gasteiger partial charge in [-0.2, -0.15) is 4.98 Å². The Morgan fingerprint density at radius 3 is 2.74 bits per heavy atom. The highest BCUT2D eigenvalue weighted by Crippen LogP contribution is 2.50. The third kappa shape index (κ3) is 4.13. The smallest absolute Gasteiger partial charge is 0.287 e. The van der Waals surface area contributed by atoms with E-state index in [-0.39, 0.29) is 23.3 Å². The van der Waals surface area contributed by atoms with Crippen molar-refractivity contribution < 1.29 is 28.3 Å². The van der Waals surface area contributed by atoms with E-state index in [0.29, 0.717) is 21.9 Å². The fourth-order valence-electron chi connectivity index (χ4n) is 5.46. The molecular formula is C24H25N5O7PS-. The molecule has 0 bridgehead atoms. The van der Waals surface area contributed by atoms with E-state index in [4.69, 9.17) is 23.8 Å². The van der Waals surface area contributed by atoms with Gasteiger partial charge in [0.25, 0.3) is 13.4 Å². The predicted molar refractivity (Wildman–Crippen MR) is 136 cm³/mol. The number of imidazole rings is 2. The van der Waals surface area contributed by atoms with Crippen molar-refractivity contribution >= 4 is 36.5 Å².